The van der Waals surface area contributed by atoms with Crippen molar-refractivity contribution >= 4 is 27.4 Å². The van der Waals surface area contributed by atoms with E-state index < -0.39 is 0 Å². The average molecular weight is 299 g/mol. The minimum Gasteiger partial charge on any atom is -0.508 e. The van der Waals surface area contributed by atoms with E-state index in [1.807, 2.05) is 12.1 Å². The van der Waals surface area contributed by atoms with Gasteiger partial charge in [-0.1, -0.05) is 19.1 Å². The van der Waals surface area contributed by atoms with Crippen molar-refractivity contribution in [3.8, 4) is 5.75 Å². The number of rotatable bonds is 4. The standard InChI is InChI=1S/C16H17N3OS/c1-3-13-18-14-10(2)9-21-15(14)16(19-13)17-8-11-4-6-12(20)7-5-11/h4-7,9,20H,3,8H2,1-2H3,(H,17,18,19). The van der Waals surface area contributed by atoms with Crippen LogP contribution >= 0.6 is 11.3 Å². The third kappa shape index (κ3) is 2.83. The molecule has 3 rings (SSSR count). The fourth-order valence-corrected chi connectivity index (χ4v) is 3.11. The zero-order chi connectivity index (χ0) is 14.8. The van der Waals surface area contributed by atoms with Crippen molar-refractivity contribution in [1.82, 2.24) is 9.97 Å². The van der Waals surface area contributed by atoms with Gasteiger partial charge in [0, 0.05) is 13.0 Å². The Morgan fingerprint density at radius 2 is 1.95 bits per heavy atom. The molecule has 0 bridgehead atoms. The minimum atomic E-state index is 0.283. The van der Waals surface area contributed by atoms with Gasteiger partial charge in [0.15, 0.2) is 0 Å². The largest absolute Gasteiger partial charge is 0.508 e. The monoisotopic (exact) mass is 299 g/mol. The maximum absolute atomic E-state index is 9.31. The number of aryl methyl sites for hydroxylation is 2. The molecule has 0 aliphatic rings. The van der Waals surface area contributed by atoms with Crippen LogP contribution in [0.4, 0.5) is 5.82 Å². The molecular weight excluding hydrogens is 282 g/mol. The fraction of sp³-hybridized carbons (Fsp3) is 0.250. The number of nitrogens with zero attached hydrogens (tertiary/aromatic N) is 2. The first-order valence-electron chi connectivity index (χ1n) is 6.94. The molecule has 0 spiro atoms. The molecule has 0 atom stereocenters. The van der Waals surface area contributed by atoms with Gasteiger partial charge in [0.2, 0.25) is 0 Å². The maximum Gasteiger partial charge on any atom is 0.148 e. The number of benzene rings is 1. The van der Waals surface area contributed by atoms with Crippen LogP contribution in [0.3, 0.4) is 0 Å². The van der Waals surface area contributed by atoms with Gasteiger partial charge in [-0.25, -0.2) is 9.97 Å². The Hall–Kier alpha value is -2.14. The second-order valence-electron chi connectivity index (χ2n) is 4.96. The quantitative estimate of drug-likeness (QED) is 0.767. The van der Waals surface area contributed by atoms with Crippen molar-refractivity contribution in [2.24, 2.45) is 0 Å². The number of anilines is 1. The summed E-state index contributed by atoms with van der Waals surface area (Å²) in [6.07, 6.45) is 0.819. The zero-order valence-electron chi connectivity index (χ0n) is 12.1. The minimum absolute atomic E-state index is 0.283. The first-order chi connectivity index (χ1) is 10.2. The van der Waals surface area contributed by atoms with Gasteiger partial charge in [0.25, 0.3) is 0 Å². The predicted octanol–water partition coefficient (Wildman–Crippen LogP) is 3.88. The summed E-state index contributed by atoms with van der Waals surface area (Å²) in [6, 6.07) is 7.20. The Morgan fingerprint density at radius 1 is 1.19 bits per heavy atom. The second kappa shape index (κ2) is 5.69. The molecule has 4 nitrogen and oxygen atoms in total. The summed E-state index contributed by atoms with van der Waals surface area (Å²) < 4.78 is 1.10. The summed E-state index contributed by atoms with van der Waals surface area (Å²) in [5, 5.41) is 14.8. The summed E-state index contributed by atoms with van der Waals surface area (Å²) in [5.74, 6) is 2.03. The molecule has 0 fully saturated rings. The van der Waals surface area contributed by atoms with E-state index in [4.69, 9.17) is 0 Å². The summed E-state index contributed by atoms with van der Waals surface area (Å²) >= 11 is 1.67. The smallest absolute Gasteiger partial charge is 0.148 e. The topological polar surface area (TPSA) is 58.0 Å². The summed E-state index contributed by atoms with van der Waals surface area (Å²) in [7, 11) is 0. The predicted molar refractivity (Wildman–Crippen MR) is 87.0 cm³/mol. The number of fused-ring (bicyclic) bond motifs is 1. The molecule has 0 saturated carbocycles. The van der Waals surface area contributed by atoms with E-state index in [0.717, 1.165) is 33.8 Å². The molecule has 0 amide bonds. The molecule has 0 unspecified atom stereocenters. The SMILES string of the molecule is CCc1nc(NCc2ccc(O)cc2)c2scc(C)c2n1. The number of thiophene rings is 1. The molecule has 0 aliphatic heterocycles. The van der Waals surface area contributed by atoms with Gasteiger partial charge in [-0.3, -0.25) is 0 Å². The van der Waals surface area contributed by atoms with Gasteiger partial charge in [0.05, 0.1) is 10.2 Å². The van der Waals surface area contributed by atoms with E-state index in [1.54, 1.807) is 23.5 Å². The lowest BCUT2D eigenvalue weighted by atomic mass is 10.2. The van der Waals surface area contributed by atoms with Gasteiger partial charge in [-0.15, -0.1) is 11.3 Å². The lowest BCUT2D eigenvalue weighted by Crippen LogP contribution is -2.04. The van der Waals surface area contributed by atoms with Crippen molar-refractivity contribution in [3.63, 3.8) is 0 Å². The molecule has 1 aromatic carbocycles. The van der Waals surface area contributed by atoms with Crippen molar-refractivity contribution < 1.29 is 5.11 Å². The normalized spacial score (nSPS) is 11.0. The van der Waals surface area contributed by atoms with Gasteiger partial charge in [0.1, 0.15) is 17.4 Å². The van der Waals surface area contributed by atoms with E-state index in [-0.39, 0.29) is 5.75 Å². The molecule has 21 heavy (non-hydrogen) atoms. The van der Waals surface area contributed by atoms with E-state index in [1.165, 1.54) is 5.56 Å². The number of aromatic hydroxyl groups is 1. The van der Waals surface area contributed by atoms with Crippen LogP contribution < -0.4 is 5.32 Å². The van der Waals surface area contributed by atoms with Crippen molar-refractivity contribution in [2.45, 2.75) is 26.8 Å². The first-order valence-corrected chi connectivity index (χ1v) is 7.82. The molecule has 2 heterocycles. The molecule has 2 aromatic heterocycles. The first kappa shape index (κ1) is 13.8. The van der Waals surface area contributed by atoms with Crippen LogP contribution in [-0.4, -0.2) is 15.1 Å². The number of nitrogens with one attached hydrogen (secondary N) is 1. The van der Waals surface area contributed by atoms with Gasteiger partial charge >= 0.3 is 0 Å². The third-order valence-electron chi connectivity index (χ3n) is 3.35. The Balaban J connectivity index is 1.90. The Kier molecular flexibility index (Phi) is 3.75. The molecule has 0 aliphatic carbocycles. The third-order valence-corrected chi connectivity index (χ3v) is 4.45. The molecule has 0 saturated heterocycles. The number of aromatic nitrogens is 2. The van der Waals surface area contributed by atoms with Crippen molar-refractivity contribution in [1.29, 1.82) is 0 Å². The van der Waals surface area contributed by atoms with Crippen LogP contribution in [0.1, 0.15) is 23.9 Å². The van der Waals surface area contributed by atoms with Gasteiger partial charge in [-0.05, 0) is 35.6 Å². The molecule has 108 valence electrons. The fourth-order valence-electron chi connectivity index (χ4n) is 2.16. The lowest BCUT2D eigenvalue weighted by molar-refractivity contribution is 0.475. The van der Waals surface area contributed by atoms with Crippen molar-refractivity contribution in [3.05, 3.63) is 46.6 Å². The van der Waals surface area contributed by atoms with Crippen LogP contribution in [0, 0.1) is 6.92 Å². The van der Waals surface area contributed by atoms with Crippen LogP contribution in [0.2, 0.25) is 0 Å². The molecule has 0 radical (unpaired) electrons. The summed E-state index contributed by atoms with van der Waals surface area (Å²) in [6.45, 7) is 4.81. The highest BCUT2D eigenvalue weighted by molar-refractivity contribution is 7.18. The molecule has 5 heteroatoms. The van der Waals surface area contributed by atoms with Crippen molar-refractivity contribution in [2.75, 3.05) is 5.32 Å². The molecule has 3 aromatic rings. The van der Waals surface area contributed by atoms with E-state index >= 15 is 0 Å². The van der Waals surface area contributed by atoms with E-state index in [0.29, 0.717) is 6.54 Å². The highest BCUT2D eigenvalue weighted by atomic mass is 32.1. The number of hydrogen-bond donors (Lipinski definition) is 2. The summed E-state index contributed by atoms with van der Waals surface area (Å²) in [4.78, 5) is 9.21. The molecule has 2 N–H and O–H groups in total. The maximum atomic E-state index is 9.31. The van der Waals surface area contributed by atoms with Crippen LogP contribution in [0.25, 0.3) is 10.2 Å². The number of phenolic OH excluding ortho intramolecular Hbond substituents is 1. The van der Waals surface area contributed by atoms with Gasteiger partial charge < -0.3 is 10.4 Å². The van der Waals surface area contributed by atoms with E-state index in [2.05, 4.69) is 34.5 Å². The Morgan fingerprint density at radius 3 is 2.67 bits per heavy atom. The van der Waals surface area contributed by atoms with Crippen LogP contribution in [0.5, 0.6) is 5.75 Å². The highest BCUT2D eigenvalue weighted by Gasteiger charge is 2.10. The highest BCUT2D eigenvalue weighted by Crippen LogP contribution is 2.29. The lowest BCUT2D eigenvalue weighted by Gasteiger charge is -2.08. The summed E-state index contributed by atoms with van der Waals surface area (Å²) in [5.41, 5.74) is 3.34. The number of hydrogen-bond acceptors (Lipinski definition) is 5. The molecular formula is C16H17N3OS. The van der Waals surface area contributed by atoms with Gasteiger partial charge in [-0.2, -0.15) is 0 Å². The average Bonchev–Trinajstić information content (AvgIpc) is 2.88. The van der Waals surface area contributed by atoms with E-state index in [9.17, 15) is 5.11 Å². The zero-order valence-corrected chi connectivity index (χ0v) is 12.9. The second-order valence-corrected chi connectivity index (χ2v) is 5.84. The number of phenols is 1. The van der Waals surface area contributed by atoms with Crippen LogP contribution in [0.15, 0.2) is 29.6 Å². The Labute approximate surface area is 127 Å². The Bertz CT molecular complexity index is 765. The van der Waals surface area contributed by atoms with Crippen LogP contribution in [-0.2, 0) is 13.0 Å².